The maximum absolute atomic E-state index is 9.76. The molecule has 0 bridgehead atoms. The average Bonchev–Trinajstić information content (AvgIpc) is 2.46. The van der Waals surface area contributed by atoms with E-state index in [1.807, 2.05) is 19.2 Å². The lowest BCUT2D eigenvalue weighted by atomic mass is 10.0. The second-order valence-electron chi connectivity index (χ2n) is 5.57. The zero-order valence-electron chi connectivity index (χ0n) is 12.2. The van der Waals surface area contributed by atoms with Gasteiger partial charge < -0.3 is 14.9 Å². The Morgan fingerprint density at radius 3 is 2.84 bits per heavy atom. The third-order valence-corrected chi connectivity index (χ3v) is 3.99. The second-order valence-corrected chi connectivity index (χ2v) is 5.57. The lowest BCUT2D eigenvalue weighted by Crippen LogP contribution is -2.45. The molecule has 0 radical (unpaired) electrons. The van der Waals surface area contributed by atoms with Gasteiger partial charge in [0.15, 0.2) is 0 Å². The van der Waals surface area contributed by atoms with Crippen LogP contribution in [0.3, 0.4) is 0 Å². The maximum Gasteiger partial charge on any atom is 0.0957 e. The lowest BCUT2D eigenvalue weighted by molar-refractivity contribution is 0.169. The largest absolute Gasteiger partial charge is 0.387 e. The molecule has 2 atom stereocenters. The molecular weight excluding hydrogens is 238 g/mol. The molecule has 19 heavy (non-hydrogen) atoms. The van der Waals surface area contributed by atoms with Crippen LogP contribution in [0.2, 0.25) is 0 Å². The van der Waals surface area contributed by atoms with Crippen molar-refractivity contribution >= 4 is 5.69 Å². The van der Waals surface area contributed by atoms with Crippen LogP contribution >= 0.6 is 0 Å². The quantitative estimate of drug-likeness (QED) is 0.902. The molecule has 1 aliphatic heterocycles. The van der Waals surface area contributed by atoms with Crippen LogP contribution in [0.25, 0.3) is 0 Å². The fourth-order valence-corrected chi connectivity index (χ4v) is 2.60. The van der Waals surface area contributed by atoms with E-state index >= 15 is 0 Å². The van der Waals surface area contributed by atoms with Crippen LogP contribution in [0.5, 0.6) is 0 Å². The standard InChI is InChI=1S/C15H25N3O/c1-4-15(19)14-8-7-12(10-16-14)18-9-5-6-13(11-18)17(2)3/h7-8,10,13,15,19H,4-6,9,11H2,1-3H3/t13?,15-/m1/s1. The Bertz CT molecular complexity index is 391. The van der Waals surface area contributed by atoms with Gasteiger partial charge in [-0.1, -0.05) is 6.92 Å². The van der Waals surface area contributed by atoms with E-state index in [2.05, 4.69) is 34.9 Å². The molecule has 4 nitrogen and oxygen atoms in total. The van der Waals surface area contributed by atoms with Crippen molar-refractivity contribution in [2.75, 3.05) is 32.1 Å². The molecular formula is C15H25N3O. The van der Waals surface area contributed by atoms with E-state index in [0.717, 1.165) is 18.8 Å². The van der Waals surface area contributed by atoms with Crippen LogP contribution in [-0.2, 0) is 0 Å². The highest BCUT2D eigenvalue weighted by molar-refractivity contribution is 5.45. The van der Waals surface area contributed by atoms with E-state index in [9.17, 15) is 5.11 Å². The van der Waals surface area contributed by atoms with E-state index in [0.29, 0.717) is 12.5 Å². The van der Waals surface area contributed by atoms with E-state index in [1.165, 1.54) is 18.5 Å². The van der Waals surface area contributed by atoms with Gasteiger partial charge in [-0.25, -0.2) is 0 Å². The zero-order chi connectivity index (χ0) is 13.8. The summed E-state index contributed by atoms with van der Waals surface area (Å²) >= 11 is 0. The zero-order valence-corrected chi connectivity index (χ0v) is 12.2. The Labute approximate surface area is 116 Å². The van der Waals surface area contributed by atoms with Crippen LogP contribution in [0.1, 0.15) is 38.0 Å². The summed E-state index contributed by atoms with van der Waals surface area (Å²) in [5.41, 5.74) is 1.94. The molecule has 0 aromatic carbocycles. The van der Waals surface area contributed by atoms with E-state index < -0.39 is 6.10 Å². The lowest BCUT2D eigenvalue weighted by Gasteiger charge is -2.37. The molecule has 1 aliphatic rings. The molecule has 0 spiro atoms. The van der Waals surface area contributed by atoms with Gasteiger partial charge in [0.25, 0.3) is 0 Å². The first-order valence-electron chi connectivity index (χ1n) is 7.17. The summed E-state index contributed by atoms with van der Waals surface area (Å²) in [4.78, 5) is 9.08. The second kappa shape index (κ2) is 6.35. The third kappa shape index (κ3) is 3.45. The molecule has 1 fully saturated rings. The number of aliphatic hydroxyl groups is 1. The van der Waals surface area contributed by atoms with Crippen LogP contribution in [-0.4, -0.2) is 48.2 Å². The van der Waals surface area contributed by atoms with Gasteiger partial charge in [-0.15, -0.1) is 0 Å². The molecule has 0 aliphatic carbocycles. The summed E-state index contributed by atoms with van der Waals surface area (Å²) in [7, 11) is 4.29. The number of likely N-dealkylation sites (N-methyl/N-ethyl adjacent to an activating group) is 1. The fraction of sp³-hybridized carbons (Fsp3) is 0.667. The molecule has 1 aromatic heterocycles. The first-order chi connectivity index (χ1) is 9.11. The van der Waals surface area contributed by atoms with Crippen molar-refractivity contribution in [2.24, 2.45) is 0 Å². The highest BCUT2D eigenvalue weighted by Crippen LogP contribution is 2.22. The molecule has 2 heterocycles. The molecule has 1 saturated heterocycles. The molecule has 4 heteroatoms. The highest BCUT2D eigenvalue weighted by atomic mass is 16.3. The van der Waals surface area contributed by atoms with Gasteiger partial charge in [-0.2, -0.15) is 0 Å². The van der Waals surface area contributed by atoms with Crippen LogP contribution in [0.4, 0.5) is 5.69 Å². The monoisotopic (exact) mass is 263 g/mol. The van der Waals surface area contributed by atoms with Gasteiger partial charge in [0.2, 0.25) is 0 Å². The summed E-state index contributed by atoms with van der Waals surface area (Å²) in [5, 5.41) is 9.76. The Morgan fingerprint density at radius 1 is 1.47 bits per heavy atom. The predicted octanol–water partition coefficient (Wildman–Crippen LogP) is 2.06. The Morgan fingerprint density at radius 2 is 2.26 bits per heavy atom. The van der Waals surface area contributed by atoms with Crippen molar-refractivity contribution in [1.29, 1.82) is 0 Å². The summed E-state index contributed by atoms with van der Waals surface area (Å²) in [6, 6.07) is 4.65. The first-order valence-corrected chi connectivity index (χ1v) is 7.17. The number of rotatable bonds is 4. The SMILES string of the molecule is CC[C@@H](O)c1ccc(N2CCCC(N(C)C)C2)cn1. The Kier molecular flexibility index (Phi) is 4.77. The molecule has 1 aromatic rings. The fourth-order valence-electron chi connectivity index (χ4n) is 2.60. The van der Waals surface area contributed by atoms with Crippen molar-refractivity contribution in [1.82, 2.24) is 9.88 Å². The number of nitrogens with zero attached hydrogens (tertiary/aromatic N) is 3. The van der Waals surface area contributed by atoms with Crippen molar-refractivity contribution in [3.8, 4) is 0 Å². The molecule has 0 amide bonds. The van der Waals surface area contributed by atoms with Crippen LogP contribution in [0, 0.1) is 0 Å². The molecule has 0 saturated carbocycles. The normalized spacial score (nSPS) is 21.7. The number of pyridine rings is 1. The smallest absolute Gasteiger partial charge is 0.0957 e. The molecule has 1 N–H and O–H groups in total. The summed E-state index contributed by atoms with van der Waals surface area (Å²) in [6.45, 7) is 4.12. The number of anilines is 1. The minimum atomic E-state index is -0.440. The summed E-state index contributed by atoms with van der Waals surface area (Å²) < 4.78 is 0. The van der Waals surface area contributed by atoms with Crippen LogP contribution < -0.4 is 4.90 Å². The number of aliphatic hydroxyl groups excluding tert-OH is 1. The van der Waals surface area contributed by atoms with Gasteiger partial charge >= 0.3 is 0 Å². The number of aromatic nitrogens is 1. The summed E-state index contributed by atoms with van der Waals surface area (Å²) in [6.07, 6.45) is 4.65. The van der Waals surface area contributed by atoms with Gasteiger partial charge in [-0.3, -0.25) is 4.98 Å². The highest BCUT2D eigenvalue weighted by Gasteiger charge is 2.21. The van der Waals surface area contributed by atoms with Gasteiger partial charge in [0, 0.05) is 19.1 Å². The van der Waals surface area contributed by atoms with Crippen molar-refractivity contribution in [3.05, 3.63) is 24.0 Å². The van der Waals surface area contributed by atoms with Gasteiger partial charge in [-0.05, 0) is 45.5 Å². The maximum atomic E-state index is 9.76. The van der Waals surface area contributed by atoms with Crippen LogP contribution in [0.15, 0.2) is 18.3 Å². The number of piperidine rings is 1. The van der Waals surface area contributed by atoms with Gasteiger partial charge in [0.05, 0.1) is 23.7 Å². The number of hydrogen-bond donors (Lipinski definition) is 1. The van der Waals surface area contributed by atoms with Crippen molar-refractivity contribution < 1.29 is 5.11 Å². The minimum Gasteiger partial charge on any atom is -0.387 e. The van der Waals surface area contributed by atoms with E-state index in [4.69, 9.17) is 0 Å². The van der Waals surface area contributed by atoms with E-state index in [-0.39, 0.29) is 0 Å². The molecule has 2 rings (SSSR count). The Hall–Kier alpha value is -1.13. The Balaban J connectivity index is 2.05. The number of hydrogen-bond acceptors (Lipinski definition) is 4. The van der Waals surface area contributed by atoms with E-state index in [1.54, 1.807) is 0 Å². The average molecular weight is 263 g/mol. The molecule has 1 unspecified atom stereocenters. The topological polar surface area (TPSA) is 39.6 Å². The van der Waals surface area contributed by atoms with Crippen molar-refractivity contribution in [2.45, 2.75) is 38.3 Å². The van der Waals surface area contributed by atoms with Gasteiger partial charge in [0.1, 0.15) is 0 Å². The summed E-state index contributed by atoms with van der Waals surface area (Å²) in [5.74, 6) is 0. The van der Waals surface area contributed by atoms with Crippen molar-refractivity contribution in [3.63, 3.8) is 0 Å². The first kappa shape index (κ1) is 14.3. The molecule has 106 valence electrons. The predicted molar refractivity (Wildman–Crippen MR) is 78.4 cm³/mol. The third-order valence-electron chi connectivity index (χ3n) is 3.99. The minimum absolute atomic E-state index is 0.440.